The largest absolute Gasteiger partial charge is 0.486 e. The molecule has 0 amide bonds. The lowest BCUT2D eigenvalue weighted by atomic mass is 9.90. The van der Waals surface area contributed by atoms with Crippen molar-refractivity contribution in [3.8, 4) is 5.75 Å². The molecule has 214 valence electrons. The molecule has 9 nitrogen and oxygen atoms in total. The molecule has 0 heterocycles. The predicted molar refractivity (Wildman–Crippen MR) is 158 cm³/mol. The summed E-state index contributed by atoms with van der Waals surface area (Å²) < 4.78 is 16.3. The Balaban J connectivity index is 2.26. The second kappa shape index (κ2) is 15.0. The molecule has 2 aromatic rings. The van der Waals surface area contributed by atoms with E-state index < -0.39 is 19.1 Å². The van der Waals surface area contributed by atoms with Gasteiger partial charge in [0.05, 0.1) is 26.3 Å². The van der Waals surface area contributed by atoms with Crippen molar-refractivity contribution < 1.29 is 23.8 Å². The maximum Gasteiger partial charge on any atom is 0.320 e. The van der Waals surface area contributed by atoms with E-state index >= 15 is 0 Å². The van der Waals surface area contributed by atoms with Gasteiger partial charge in [0, 0.05) is 7.19 Å². The highest BCUT2D eigenvalue weighted by Gasteiger charge is 2.20. The van der Waals surface area contributed by atoms with E-state index in [1.54, 1.807) is 19.9 Å². The third kappa shape index (κ3) is 9.31. The van der Waals surface area contributed by atoms with Gasteiger partial charge < -0.3 is 14.2 Å². The summed E-state index contributed by atoms with van der Waals surface area (Å²) in [6.45, 7) is 14.1. The summed E-state index contributed by atoms with van der Waals surface area (Å²) in [5, 5.41) is 9.41. The molecule has 0 aliphatic heterocycles. The lowest BCUT2D eigenvalue weighted by molar-refractivity contribution is -0.142. The topological polar surface area (TPSA) is 115 Å². The molecule has 39 heavy (non-hydrogen) atoms. The predicted octanol–water partition coefficient (Wildman–Crippen LogP) is 5.65. The lowest BCUT2D eigenvalue weighted by Crippen LogP contribution is -2.34. The van der Waals surface area contributed by atoms with E-state index in [1.807, 2.05) is 26.0 Å². The summed E-state index contributed by atoms with van der Waals surface area (Å²) in [6, 6.07) is 7.81. The number of nitrogens with zero attached hydrogens (tertiary/aromatic N) is 1. The molecule has 0 bridgehead atoms. The van der Waals surface area contributed by atoms with Crippen LogP contribution in [0.25, 0.3) is 0 Å². The summed E-state index contributed by atoms with van der Waals surface area (Å²) in [6.07, 6.45) is 5.11. The minimum Gasteiger partial charge on any atom is -0.486 e. The smallest absolute Gasteiger partial charge is 0.320 e. The van der Waals surface area contributed by atoms with Crippen LogP contribution in [0.5, 0.6) is 5.75 Å². The Kier molecular flexibility index (Phi) is 12.4. The summed E-state index contributed by atoms with van der Waals surface area (Å²) >= 11 is 0. The fourth-order valence-corrected chi connectivity index (χ4v) is 5.68. The molecule has 0 fully saturated rings. The standard InChI is InChI=1S/C29H42N3O6P/c1-9-36-28(33)16-30-39(8,31-17-29(34)37-10-2)18-38-27-13-20(5)25(21(6)22(27)7)15-23-11-12-26(32-35)24(14-23)19(3)4/h11-14,19,30-31H,8-10,15-18H2,1-7H3. The second-order valence-electron chi connectivity index (χ2n) is 9.76. The molecule has 0 aliphatic carbocycles. The molecule has 10 heteroatoms. The number of rotatable bonds is 15. The van der Waals surface area contributed by atoms with Gasteiger partial charge in [-0.1, -0.05) is 32.3 Å². The normalized spacial score (nSPS) is 11.4. The number of nitroso groups, excluding NO2 is 1. The number of ether oxygens (including phenoxy) is 3. The first-order valence-corrected chi connectivity index (χ1v) is 15.3. The fraction of sp³-hybridized carbons (Fsp3) is 0.483. The molecular weight excluding hydrogens is 517 g/mol. The maximum absolute atomic E-state index is 12.0. The number of hydrogen-bond acceptors (Lipinski definition) is 9. The molecule has 0 aromatic heterocycles. The van der Waals surface area contributed by atoms with Crippen molar-refractivity contribution in [1.82, 2.24) is 10.2 Å². The Morgan fingerprint density at radius 3 is 2.08 bits per heavy atom. The Hall–Kier alpha value is -3.00. The highest BCUT2D eigenvalue weighted by atomic mass is 31.2. The number of nitrogens with one attached hydrogen (secondary N) is 2. The van der Waals surface area contributed by atoms with E-state index in [0.717, 1.165) is 27.8 Å². The maximum atomic E-state index is 12.0. The second-order valence-corrected chi connectivity index (χ2v) is 12.6. The zero-order chi connectivity index (χ0) is 29.2. The number of aryl methyl sites for hydroxylation is 1. The minimum atomic E-state index is -2.54. The minimum absolute atomic E-state index is 0.0585. The van der Waals surface area contributed by atoms with Crippen molar-refractivity contribution in [2.24, 2.45) is 5.18 Å². The summed E-state index contributed by atoms with van der Waals surface area (Å²) in [5.74, 6) is 0.0843. The van der Waals surface area contributed by atoms with Crippen LogP contribution >= 0.6 is 7.19 Å². The van der Waals surface area contributed by atoms with Crippen LogP contribution in [0.15, 0.2) is 29.4 Å². The van der Waals surface area contributed by atoms with E-state index in [-0.39, 0.29) is 38.6 Å². The monoisotopic (exact) mass is 559 g/mol. The van der Waals surface area contributed by atoms with E-state index in [0.29, 0.717) is 17.9 Å². The Morgan fingerprint density at radius 2 is 1.56 bits per heavy atom. The van der Waals surface area contributed by atoms with Crippen LogP contribution in [0.1, 0.15) is 67.0 Å². The van der Waals surface area contributed by atoms with E-state index in [9.17, 15) is 14.5 Å². The van der Waals surface area contributed by atoms with Crippen molar-refractivity contribution in [2.75, 3.05) is 32.7 Å². The first kappa shape index (κ1) is 32.2. The number of hydrogen-bond donors (Lipinski definition) is 2. The Labute approximate surface area is 232 Å². The van der Waals surface area contributed by atoms with Crippen molar-refractivity contribution >= 4 is 31.1 Å². The number of carbonyl (C=O) groups is 2. The molecule has 0 saturated heterocycles. The first-order chi connectivity index (χ1) is 18.4. The molecule has 0 atom stereocenters. The number of benzene rings is 2. The van der Waals surface area contributed by atoms with Gasteiger partial charge in [-0.15, -0.1) is 4.91 Å². The van der Waals surface area contributed by atoms with E-state index in [1.165, 1.54) is 5.56 Å². The molecule has 0 spiro atoms. The number of esters is 2. The summed E-state index contributed by atoms with van der Waals surface area (Å²) in [7, 11) is -2.54. The molecule has 0 unspecified atom stereocenters. The van der Waals surface area contributed by atoms with Gasteiger partial charge >= 0.3 is 11.9 Å². The zero-order valence-corrected chi connectivity index (χ0v) is 25.1. The molecule has 0 aliphatic rings. The number of carbonyl (C=O) groups excluding carboxylic acids is 2. The molecule has 2 rings (SSSR count). The van der Waals surface area contributed by atoms with Gasteiger partial charge in [-0.25, -0.2) is 0 Å². The third-order valence-electron chi connectivity index (χ3n) is 6.50. The van der Waals surface area contributed by atoms with Gasteiger partial charge in [-0.3, -0.25) is 19.8 Å². The molecule has 0 saturated carbocycles. The van der Waals surface area contributed by atoms with Crippen LogP contribution < -0.4 is 14.9 Å². The quantitative estimate of drug-likeness (QED) is 0.164. The Morgan fingerprint density at radius 1 is 0.974 bits per heavy atom. The van der Waals surface area contributed by atoms with E-state index in [4.69, 9.17) is 14.2 Å². The van der Waals surface area contributed by atoms with Gasteiger partial charge in [0.2, 0.25) is 0 Å². The first-order valence-electron chi connectivity index (χ1n) is 13.2. The van der Waals surface area contributed by atoms with Crippen molar-refractivity contribution in [1.29, 1.82) is 0 Å². The van der Waals surface area contributed by atoms with Crippen molar-refractivity contribution in [3.05, 3.63) is 62.6 Å². The Bertz CT molecular complexity index is 1200. The SMILES string of the molecule is C=P(COc1cc(C)c(Cc2ccc(N=O)c(C(C)C)c2)c(C)c1C)(NCC(=O)OCC)NCC(=O)OCC. The van der Waals surface area contributed by atoms with Crippen LogP contribution in [0, 0.1) is 25.7 Å². The summed E-state index contributed by atoms with van der Waals surface area (Å²) in [4.78, 5) is 35.1. The van der Waals surface area contributed by atoms with Crippen LogP contribution in [0.2, 0.25) is 0 Å². The molecule has 2 N–H and O–H groups in total. The van der Waals surface area contributed by atoms with Crippen LogP contribution in [0.3, 0.4) is 0 Å². The van der Waals surface area contributed by atoms with Crippen LogP contribution in [0.4, 0.5) is 5.69 Å². The molecular formula is C29H42N3O6P. The van der Waals surface area contributed by atoms with Gasteiger partial charge in [-0.2, -0.15) is 0 Å². The summed E-state index contributed by atoms with van der Waals surface area (Å²) in [5.41, 5.74) is 6.90. The fourth-order valence-electron chi connectivity index (χ4n) is 4.17. The lowest BCUT2D eigenvalue weighted by Gasteiger charge is -2.27. The average molecular weight is 560 g/mol. The molecule has 0 radical (unpaired) electrons. The van der Waals surface area contributed by atoms with E-state index in [2.05, 4.69) is 48.5 Å². The average Bonchev–Trinajstić information content (AvgIpc) is 2.90. The molecule has 2 aromatic carbocycles. The van der Waals surface area contributed by atoms with Crippen LogP contribution in [-0.2, 0) is 25.5 Å². The van der Waals surface area contributed by atoms with Gasteiger partial charge in [0.25, 0.3) is 0 Å². The third-order valence-corrected chi connectivity index (χ3v) is 8.60. The van der Waals surface area contributed by atoms with Gasteiger partial charge in [0.15, 0.2) is 0 Å². The zero-order valence-electron chi connectivity index (χ0n) is 24.2. The van der Waals surface area contributed by atoms with Crippen molar-refractivity contribution in [3.63, 3.8) is 0 Å². The van der Waals surface area contributed by atoms with Gasteiger partial charge in [-0.05, 0) is 97.6 Å². The van der Waals surface area contributed by atoms with Gasteiger partial charge in [0.1, 0.15) is 17.8 Å². The highest BCUT2D eigenvalue weighted by molar-refractivity contribution is 7.69. The highest BCUT2D eigenvalue weighted by Crippen LogP contribution is 2.38. The van der Waals surface area contributed by atoms with Crippen LogP contribution in [-0.4, -0.2) is 50.9 Å². The van der Waals surface area contributed by atoms with Crippen molar-refractivity contribution in [2.45, 2.75) is 60.8 Å².